The Morgan fingerprint density at radius 3 is 1.93 bits per heavy atom. The molecule has 0 aliphatic heterocycles. The average Bonchev–Trinajstić information content (AvgIpc) is 2.20. The van der Waals surface area contributed by atoms with Gasteiger partial charge in [-0.25, -0.2) is 0 Å². The number of carbonyl (C=O) groups is 2. The van der Waals surface area contributed by atoms with Crippen molar-refractivity contribution in [1.29, 1.82) is 0 Å². The van der Waals surface area contributed by atoms with Crippen LogP contribution in [0.3, 0.4) is 0 Å². The monoisotopic (exact) mass is 203 g/mol. The van der Waals surface area contributed by atoms with Crippen molar-refractivity contribution in [3.05, 3.63) is 35.9 Å². The van der Waals surface area contributed by atoms with E-state index in [0.717, 1.165) is 5.56 Å². The molecule has 1 aromatic rings. The summed E-state index contributed by atoms with van der Waals surface area (Å²) in [6, 6.07) is 9.36. The van der Waals surface area contributed by atoms with E-state index in [-0.39, 0.29) is 9.58 Å². The Balaban J connectivity index is 0.000000292. The van der Waals surface area contributed by atoms with Crippen molar-refractivity contribution >= 4 is 36.9 Å². The number of hydrogen-bond donors (Lipinski definition) is 2. The molecule has 0 bridgehead atoms. The second kappa shape index (κ2) is 7.70. The summed E-state index contributed by atoms with van der Waals surface area (Å²) in [5, 5.41) is 7.60. The fraction of sp³-hybridized carbons (Fsp3) is 0.111. The fourth-order valence-electron chi connectivity index (χ4n) is 0.673. The summed E-state index contributed by atoms with van der Waals surface area (Å²) >= 11 is 0.618. The maximum absolute atomic E-state index is 10.7. The number of nitrogens with two attached hydrogens (primary N) is 1. The summed E-state index contributed by atoms with van der Waals surface area (Å²) in [6.45, 7) is -0.278. The van der Waals surface area contributed by atoms with Crippen LogP contribution in [0, 0.1) is 0 Å². The van der Waals surface area contributed by atoms with Crippen LogP contribution >= 0.6 is 0 Å². The molecule has 0 aliphatic carbocycles. The first-order chi connectivity index (χ1) is 6.57. The van der Waals surface area contributed by atoms with Gasteiger partial charge in [-0.2, -0.15) is 0 Å². The van der Waals surface area contributed by atoms with Gasteiger partial charge in [-0.3, -0.25) is 4.79 Å². The summed E-state index contributed by atoms with van der Waals surface area (Å²) in [4.78, 5) is 20.0. The Bertz CT molecular complexity index is 300. The van der Waals surface area contributed by atoms with Gasteiger partial charge >= 0.3 is 77.6 Å². The van der Waals surface area contributed by atoms with Crippen LogP contribution in [0.5, 0.6) is 0 Å². The molecule has 0 heterocycles. The molecule has 5 heteroatoms. The topological polar surface area (TPSA) is 80.4 Å². The van der Waals surface area contributed by atoms with E-state index < -0.39 is 5.97 Å². The first-order valence-electron chi connectivity index (χ1n) is 4.05. The molecule has 0 radical (unpaired) electrons. The summed E-state index contributed by atoms with van der Waals surface area (Å²) in [5.74, 6) is -0.968. The molecule has 0 unspecified atom stereocenters. The molecule has 1 rings (SSSR count). The van der Waals surface area contributed by atoms with Crippen LogP contribution in [-0.4, -0.2) is 48.6 Å². The van der Waals surface area contributed by atoms with Gasteiger partial charge in [0.1, 0.15) is 0 Å². The zero-order valence-corrected chi connectivity index (χ0v) is 9.93. The molecule has 0 saturated heterocycles. The van der Waals surface area contributed by atoms with Crippen molar-refractivity contribution in [1.82, 2.24) is 0 Å². The van der Waals surface area contributed by atoms with Gasteiger partial charge in [0.25, 0.3) is 0 Å². The van der Waals surface area contributed by atoms with Gasteiger partial charge < -0.3 is 10.8 Å². The molecule has 0 spiro atoms. The zero-order chi connectivity index (χ0) is 11.0. The van der Waals surface area contributed by atoms with Crippen LogP contribution in [0.4, 0.5) is 0 Å². The van der Waals surface area contributed by atoms with Gasteiger partial charge in [0.05, 0.1) is 6.54 Å². The Kier molecular flexibility index (Phi) is 7.32. The molecule has 0 fully saturated rings. The van der Waals surface area contributed by atoms with Crippen molar-refractivity contribution in [2.45, 2.75) is 0 Å². The number of carboxylic acid groups (broad SMARTS) is 1. The van der Waals surface area contributed by atoms with Crippen molar-refractivity contribution in [2.75, 3.05) is 6.54 Å². The van der Waals surface area contributed by atoms with E-state index in [9.17, 15) is 9.59 Å². The second-order valence-electron chi connectivity index (χ2n) is 2.52. The average molecular weight is 203 g/mol. The molecule has 0 atom stereocenters. The molecule has 0 aliphatic rings. The molecule has 70 valence electrons. The first-order valence-corrected chi connectivity index (χ1v) is 5.05. The Morgan fingerprint density at radius 1 is 1.29 bits per heavy atom. The van der Waals surface area contributed by atoms with E-state index in [4.69, 9.17) is 5.11 Å². The third-order valence-electron chi connectivity index (χ3n) is 1.35. The van der Waals surface area contributed by atoms with Crippen LogP contribution in [0.15, 0.2) is 30.3 Å². The van der Waals surface area contributed by atoms with E-state index in [1.807, 2.05) is 30.3 Å². The van der Waals surface area contributed by atoms with E-state index in [2.05, 4.69) is 5.73 Å². The molecular formula is C9H10NNaO3. The van der Waals surface area contributed by atoms with Gasteiger partial charge in [-0.15, -0.1) is 0 Å². The van der Waals surface area contributed by atoms with E-state index in [1.54, 1.807) is 0 Å². The second-order valence-corrected chi connectivity index (χ2v) is 3.43. The van der Waals surface area contributed by atoms with Crippen LogP contribution in [0.1, 0.15) is 10.4 Å². The predicted octanol–water partition coefficient (Wildman–Crippen LogP) is 0.0250. The van der Waals surface area contributed by atoms with Crippen molar-refractivity contribution < 1.29 is 14.7 Å². The van der Waals surface area contributed by atoms with Crippen LogP contribution in [-0.2, 0) is 4.79 Å². The quantitative estimate of drug-likeness (QED) is 0.664. The minimum absolute atomic E-state index is 0.260. The summed E-state index contributed by atoms with van der Waals surface area (Å²) in [7, 11) is 0. The Labute approximate surface area is 99.5 Å². The van der Waals surface area contributed by atoms with Gasteiger partial charge in [0, 0.05) is 0 Å². The minimum atomic E-state index is -0.968. The van der Waals surface area contributed by atoms with Crippen molar-refractivity contribution in [3.8, 4) is 0 Å². The molecule has 0 saturated carbocycles. The molecule has 3 N–H and O–H groups in total. The van der Waals surface area contributed by atoms with E-state index in [1.165, 1.54) is 0 Å². The number of carboxylic acids is 1. The van der Waals surface area contributed by atoms with Crippen LogP contribution in [0.25, 0.3) is 0 Å². The molecule has 4 nitrogen and oxygen atoms in total. The van der Waals surface area contributed by atoms with Gasteiger partial charge in [0.2, 0.25) is 0 Å². The molecular weight excluding hydrogens is 193 g/mol. The SMILES string of the molecule is NCC(=O)O.O=[C]([Na])c1ccccc1. The first kappa shape index (κ1) is 13.3. The predicted molar refractivity (Wildman–Crippen MR) is 53.2 cm³/mol. The van der Waals surface area contributed by atoms with Crippen LogP contribution in [0.2, 0.25) is 0 Å². The molecule has 0 aromatic heterocycles. The van der Waals surface area contributed by atoms with E-state index in [0.29, 0.717) is 27.9 Å². The third kappa shape index (κ3) is 6.80. The number of carbonyl (C=O) groups excluding carboxylic acids is 1. The van der Waals surface area contributed by atoms with Gasteiger partial charge in [-0.1, -0.05) is 0 Å². The molecule has 14 heavy (non-hydrogen) atoms. The van der Waals surface area contributed by atoms with Gasteiger partial charge in [0.15, 0.2) is 0 Å². The van der Waals surface area contributed by atoms with Crippen molar-refractivity contribution in [2.24, 2.45) is 5.73 Å². The van der Waals surface area contributed by atoms with Crippen molar-refractivity contribution in [3.63, 3.8) is 0 Å². The van der Waals surface area contributed by atoms with E-state index >= 15 is 0 Å². The number of aliphatic carboxylic acids is 1. The number of rotatable bonds is 2. The molecule has 0 amide bonds. The third-order valence-corrected chi connectivity index (χ3v) is 1.93. The normalized spacial score (nSPS) is 8.50. The Hall–Kier alpha value is -0.680. The fourth-order valence-corrected chi connectivity index (χ4v) is 1.01. The summed E-state index contributed by atoms with van der Waals surface area (Å²) in [5.41, 5.74) is 5.41. The molecule has 1 aromatic carbocycles. The summed E-state index contributed by atoms with van der Waals surface area (Å²) in [6.07, 6.45) is 0. The standard InChI is InChI=1S/C7H5O.C2H5NO2.Na/c8-6-7-4-2-1-3-5-7;3-1-2(4)5;/h1-5H;1,3H2,(H,4,5);. The number of benzene rings is 1. The number of hydrogen-bond acceptors (Lipinski definition) is 3. The van der Waals surface area contributed by atoms with Gasteiger partial charge in [-0.05, 0) is 0 Å². The Morgan fingerprint density at radius 2 is 1.71 bits per heavy atom. The summed E-state index contributed by atoms with van der Waals surface area (Å²) < 4.78 is 0.260. The van der Waals surface area contributed by atoms with Crippen LogP contribution < -0.4 is 5.73 Å². The maximum atomic E-state index is 10.7. The zero-order valence-electron chi connectivity index (χ0n) is 7.93.